The van der Waals surface area contributed by atoms with Crippen LogP contribution in [-0.4, -0.2) is 41.4 Å². The van der Waals surface area contributed by atoms with Crippen LogP contribution in [0.25, 0.3) is 0 Å². The summed E-state index contributed by atoms with van der Waals surface area (Å²) in [4.78, 5) is 46.8. The van der Waals surface area contributed by atoms with E-state index in [1.165, 1.54) is 6.92 Å². The van der Waals surface area contributed by atoms with Crippen molar-refractivity contribution in [3.05, 3.63) is 35.4 Å². The molecule has 0 bridgehead atoms. The Kier molecular flexibility index (Phi) is 9.14. The number of carbonyl (C=O) groups is 4. The Balaban J connectivity index is 2.62. The molecule has 0 spiro atoms. The summed E-state index contributed by atoms with van der Waals surface area (Å²) in [7, 11) is 0. The average Bonchev–Trinajstić information content (AvgIpc) is 2.58. The molecule has 3 amide bonds. The summed E-state index contributed by atoms with van der Waals surface area (Å²) in [5.41, 5.74) is 1.84. The molecular weight excluding hydrogens is 362 g/mol. The molecule has 0 radical (unpaired) electrons. The van der Waals surface area contributed by atoms with Crippen LogP contribution in [-0.2, 0) is 19.2 Å². The van der Waals surface area contributed by atoms with Crippen molar-refractivity contribution in [3.63, 3.8) is 0 Å². The number of hydrogen-bond donors (Lipinski definition) is 4. The number of hydrogen-bond acceptors (Lipinski definition) is 4. The number of amides is 3. The first kappa shape index (κ1) is 23.1. The number of rotatable bonds is 10. The van der Waals surface area contributed by atoms with Crippen LogP contribution in [0.4, 0.5) is 0 Å². The summed E-state index contributed by atoms with van der Waals surface area (Å²) >= 11 is 0. The minimum absolute atomic E-state index is 0.0374. The van der Waals surface area contributed by atoms with Crippen molar-refractivity contribution in [2.24, 2.45) is 5.92 Å². The van der Waals surface area contributed by atoms with Crippen LogP contribution in [0.5, 0.6) is 0 Å². The zero-order chi connectivity index (χ0) is 21.3. The van der Waals surface area contributed by atoms with Crippen molar-refractivity contribution in [2.75, 3.05) is 6.54 Å². The monoisotopic (exact) mass is 391 g/mol. The van der Waals surface area contributed by atoms with Gasteiger partial charge in [0.25, 0.3) is 0 Å². The normalized spacial score (nSPS) is 12.8. The van der Waals surface area contributed by atoms with Crippen molar-refractivity contribution in [3.8, 4) is 0 Å². The van der Waals surface area contributed by atoms with Gasteiger partial charge in [-0.3, -0.25) is 14.4 Å². The van der Waals surface area contributed by atoms with Gasteiger partial charge in [-0.2, -0.15) is 0 Å². The Bertz CT molecular complexity index is 700. The summed E-state index contributed by atoms with van der Waals surface area (Å²) in [5, 5.41) is 16.8. The maximum atomic E-state index is 12.2. The highest BCUT2D eigenvalue weighted by atomic mass is 16.4. The molecule has 0 fully saturated rings. The summed E-state index contributed by atoms with van der Waals surface area (Å²) in [6, 6.07) is 5.92. The fraction of sp³-hybridized carbons (Fsp3) is 0.500. The summed E-state index contributed by atoms with van der Waals surface area (Å²) in [5.74, 6) is -2.28. The molecule has 2 atom stereocenters. The second-order valence-corrected chi connectivity index (χ2v) is 7.23. The SMILES string of the molecule is CC(=O)NC(CC(=O)NCC(=O)N[C@@H](CC(C)C)C(=O)O)c1ccc(C)cc1. The zero-order valence-corrected chi connectivity index (χ0v) is 16.7. The summed E-state index contributed by atoms with van der Waals surface area (Å²) in [6.07, 6.45) is 0.261. The van der Waals surface area contributed by atoms with Crippen LogP contribution in [0.15, 0.2) is 24.3 Å². The lowest BCUT2D eigenvalue weighted by atomic mass is 10.0. The standard InChI is InChI=1S/C20H29N3O5/c1-12(2)9-17(20(27)28)23-19(26)11-21-18(25)10-16(22-14(4)24)15-7-5-13(3)6-8-15/h5-8,12,16-17H,9-11H2,1-4H3,(H,21,25)(H,22,24)(H,23,26)(H,27,28)/t16?,17-/m0/s1. The first-order valence-electron chi connectivity index (χ1n) is 9.21. The molecule has 0 saturated carbocycles. The van der Waals surface area contributed by atoms with Crippen molar-refractivity contribution in [2.45, 2.75) is 52.6 Å². The molecular formula is C20H29N3O5. The van der Waals surface area contributed by atoms with Gasteiger partial charge in [-0.15, -0.1) is 0 Å². The van der Waals surface area contributed by atoms with E-state index in [4.69, 9.17) is 5.11 Å². The van der Waals surface area contributed by atoms with Gasteiger partial charge in [0.15, 0.2) is 0 Å². The molecule has 0 saturated heterocycles. The van der Waals surface area contributed by atoms with Gasteiger partial charge in [0.05, 0.1) is 19.0 Å². The smallest absolute Gasteiger partial charge is 0.326 e. The van der Waals surface area contributed by atoms with E-state index in [1.54, 1.807) is 0 Å². The Morgan fingerprint density at radius 3 is 2.11 bits per heavy atom. The topological polar surface area (TPSA) is 125 Å². The zero-order valence-electron chi connectivity index (χ0n) is 16.7. The molecule has 154 valence electrons. The van der Waals surface area contributed by atoms with E-state index in [-0.39, 0.29) is 24.8 Å². The molecule has 8 nitrogen and oxygen atoms in total. The van der Waals surface area contributed by atoms with E-state index in [9.17, 15) is 19.2 Å². The Hall–Kier alpha value is -2.90. The lowest BCUT2D eigenvalue weighted by Gasteiger charge is -2.19. The average molecular weight is 391 g/mol. The van der Waals surface area contributed by atoms with Gasteiger partial charge >= 0.3 is 5.97 Å². The second-order valence-electron chi connectivity index (χ2n) is 7.23. The molecule has 0 aromatic heterocycles. The van der Waals surface area contributed by atoms with Gasteiger partial charge in [-0.25, -0.2) is 4.79 Å². The van der Waals surface area contributed by atoms with Crippen molar-refractivity contribution >= 4 is 23.7 Å². The lowest BCUT2D eigenvalue weighted by Crippen LogP contribution is -2.46. The molecule has 0 aliphatic carbocycles. The van der Waals surface area contributed by atoms with E-state index >= 15 is 0 Å². The van der Waals surface area contributed by atoms with Crippen LogP contribution >= 0.6 is 0 Å². The van der Waals surface area contributed by atoms with Gasteiger partial charge in [-0.1, -0.05) is 43.7 Å². The number of aryl methyl sites for hydroxylation is 1. The minimum Gasteiger partial charge on any atom is -0.480 e. The molecule has 8 heteroatoms. The Morgan fingerprint density at radius 2 is 1.61 bits per heavy atom. The van der Waals surface area contributed by atoms with Crippen LogP contribution in [0.2, 0.25) is 0 Å². The highest BCUT2D eigenvalue weighted by molar-refractivity contribution is 5.88. The number of carboxylic acid groups (broad SMARTS) is 1. The van der Waals surface area contributed by atoms with E-state index in [1.807, 2.05) is 45.0 Å². The van der Waals surface area contributed by atoms with Crippen LogP contribution in [0.1, 0.15) is 50.8 Å². The van der Waals surface area contributed by atoms with Crippen molar-refractivity contribution < 1.29 is 24.3 Å². The number of benzene rings is 1. The number of nitrogens with one attached hydrogen (secondary N) is 3. The third-order valence-corrected chi connectivity index (χ3v) is 4.03. The quantitative estimate of drug-likeness (QED) is 0.478. The largest absolute Gasteiger partial charge is 0.480 e. The van der Waals surface area contributed by atoms with Crippen LogP contribution < -0.4 is 16.0 Å². The van der Waals surface area contributed by atoms with E-state index in [0.717, 1.165) is 11.1 Å². The van der Waals surface area contributed by atoms with Crippen molar-refractivity contribution in [1.29, 1.82) is 0 Å². The van der Waals surface area contributed by atoms with E-state index < -0.39 is 29.9 Å². The van der Waals surface area contributed by atoms with Gasteiger partial charge in [-0.05, 0) is 24.8 Å². The predicted octanol–water partition coefficient (Wildman–Crippen LogP) is 1.29. The Labute approximate surface area is 165 Å². The highest BCUT2D eigenvalue weighted by Crippen LogP contribution is 2.17. The maximum Gasteiger partial charge on any atom is 0.326 e. The molecule has 0 aliphatic heterocycles. The van der Waals surface area contributed by atoms with E-state index in [0.29, 0.717) is 6.42 Å². The predicted molar refractivity (Wildman–Crippen MR) is 104 cm³/mol. The fourth-order valence-electron chi connectivity index (χ4n) is 2.67. The molecule has 1 unspecified atom stereocenters. The van der Waals surface area contributed by atoms with Gasteiger partial charge < -0.3 is 21.1 Å². The van der Waals surface area contributed by atoms with Gasteiger partial charge in [0, 0.05) is 6.92 Å². The molecule has 1 aromatic carbocycles. The van der Waals surface area contributed by atoms with Crippen LogP contribution in [0.3, 0.4) is 0 Å². The molecule has 1 rings (SSSR count). The molecule has 0 aliphatic rings. The number of aliphatic carboxylic acids is 1. The number of carbonyl (C=O) groups excluding carboxylic acids is 3. The highest BCUT2D eigenvalue weighted by Gasteiger charge is 2.22. The molecule has 0 heterocycles. The first-order valence-corrected chi connectivity index (χ1v) is 9.21. The maximum absolute atomic E-state index is 12.2. The molecule has 1 aromatic rings. The first-order chi connectivity index (χ1) is 13.1. The minimum atomic E-state index is -1.11. The second kappa shape index (κ2) is 11.1. The summed E-state index contributed by atoms with van der Waals surface area (Å²) in [6.45, 7) is 6.69. The van der Waals surface area contributed by atoms with Gasteiger partial charge in [0.1, 0.15) is 6.04 Å². The van der Waals surface area contributed by atoms with Crippen LogP contribution in [0, 0.1) is 12.8 Å². The molecule has 28 heavy (non-hydrogen) atoms. The lowest BCUT2D eigenvalue weighted by molar-refractivity contribution is -0.142. The summed E-state index contributed by atoms with van der Waals surface area (Å²) < 4.78 is 0. The number of carboxylic acids is 1. The molecule has 4 N–H and O–H groups in total. The van der Waals surface area contributed by atoms with Crippen molar-refractivity contribution in [1.82, 2.24) is 16.0 Å². The van der Waals surface area contributed by atoms with E-state index in [2.05, 4.69) is 16.0 Å². The van der Waals surface area contributed by atoms with Gasteiger partial charge in [0.2, 0.25) is 17.7 Å². The third kappa shape index (κ3) is 8.66. The fourth-order valence-corrected chi connectivity index (χ4v) is 2.67. The third-order valence-electron chi connectivity index (χ3n) is 4.03. The Morgan fingerprint density at radius 1 is 1.00 bits per heavy atom.